The molecule has 0 radical (unpaired) electrons. The molecule has 0 spiro atoms. The van der Waals surface area contributed by atoms with Gasteiger partial charge in [-0.05, 0) is 57.6 Å². The third-order valence-corrected chi connectivity index (χ3v) is 4.45. The van der Waals surface area contributed by atoms with Crippen LogP contribution in [0, 0.1) is 6.92 Å². The molecule has 1 aromatic carbocycles. The Morgan fingerprint density at radius 1 is 1.26 bits per heavy atom. The van der Waals surface area contributed by atoms with E-state index in [4.69, 9.17) is 4.74 Å². The maximum Gasteiger partial charge on any atom is 0.122 e. The number of rotatable bonds is 3. The summed E-state index contributed by atoms with van der Waals surface area (Å²) in [4.78, 5) is 2.33. The molecule has 0 amide bonds. The second kappa shape index (κ2) is 4.57. The Balaban J connectivity index is 1.92. The molecule has 0 saturated heterocycles. The molecule has 0 bridgehead atoms. The van der Waals surface area contributed by atoms with Crippen LogP contribution < -0.4 is 4.74 Å². The van der Waals surface area contributed by atoms with Gasteiger partial charge < -0.3 is 14.2 Å². The number of methoxy groups -OCH3 is 1. The van der Waals surface area contributed by atoms with Gasteiger partial charge in [-0.25, -0.2) is 0 Å². The largest absolute Gasteiger partial charge is 0.496 e. The standard InChI is InChI=1S/C16H22N2O/c1-11-7-15-12(8-16(11)19-4)5-6-18(15)14-9-13(10-14)17(2)3/h5-8,13-14H,9-10H2,1-4H3. The molecule has 2 aromatic rings. The Morgan fingerprint density at radius 2 is 2.00 bits per heavy atom. The van der Waals surface area contributed by atoms with E-state index in [2.05, 4.69) is 54.9 Å². The van der Waals surface area contributed by atoms with Gasteiger partial charge in [0, 0.05) is 29.2 Å². The van der Waals surface area contributed by atoms with Crippen molar-refractivity contribution in [3.8, 4) is 5.75 Å². The Bertz CT molecular complexity index is 594. The molecule has 0 aliphatic heterocycles. The van der Waals surface area contributed by atoms with Gasteiger partial charge in [-0.2, -0.15) is 0 Å². The number of fused-ring (bicyclic) bond motifs is 1. The van der Waals surface area contributed by atoms with Crippen molar-refractivity contribution < 1.29 is 4.74 Å². The van der Waals surface area contributed by atoms with E-state index >= 15 is 0 Å². The zero-order valence-electron chi connectivity index (χ0n) is 12.2. The van der Waals surface area contributed by atoms with Gasteiger partial charge in [0.05, 0.1) is 7.11 Å². The van der Waals surface area contributed by atoms with Crippen molar-refractivity contribution in [1.82, 2.24) is 9.47 Å². The Labute approximate surface area is 114 Å². The first-order chi connectivity index (χ1) is 9.10. The lowest BCUT2D eigenvalue weighted by molar-refractivity contribution is 0.132. The van der Waals surface area contributed by atoms with E-state index < -0.39 is 0 Å². The monoisotopic (exact) mass is 258 g/mol. The van der Waals surface area contributed by atoms with Gasteiger partial charge in [0.1, 0.15) is 5.75 Å². The van der Waals surface area contributed by atoms with Crippen LogP contribution in [-0.4, -0.2) is 36.7 Å². The van der Waals surface area contributed by atoms with Crippen LogP contribution in [0.5, 0.6) is 5.75 Å². The smallest absolute Gasteiger partial charge is 0.122 e. The van der Waals surface area contributed by atoms with Crippen molar-refractivity contribution in [3.63, 3.8) is 0 Å². The number of ether oxygens (including phenoxy) is 1. The minimum atomic E-state index is 0.651. The summed E-state index contributed by atoms with van der Waals surface area (Å²) in [6.07, 6.45) is 4.73. The fourth-order valence-corrected chi connectivity index (χ4v) is 3.03. The van der Waals surface area contributed by atoms with Gasteiger partial charge in [-0.15, -0.1) is 0 Å². The topological polar surface area (TPSA) is 17.4 Å². The molecule has 1 aliphatic carbocycles. The molecule has 19 heavy (non-hydrogen) atoms. The number of hydrogen-bond donors (Lipinski definition) is 0. The van der Waals surface area contributed by atoms with Crippen molar-refractivity contribution in [2.45, 2.75) is 31.8 Å². The van der Waals surface area contributed by atoms with E-state index in [-0.39, 0.29) is 0 Å². The first-order valence-electron chi connectivity index (χ1n) is 6.91. The van der Waals surface area contributed by atoms with Crippen LogP contribution in [0.2, 0.25) is 0 Å². The molecule has 3 rings (SSSR count). The highest BCUT2D eigenvalue weighted by atomic mass is 16.5. The lowest BCUT2D eigenvalue weighted by atomic mass is 9.85. The number of benzene rings is 1. The van der Waals surface area contributed by atoms with Crippen LogP contribution in [0.3, 0.4) is 0 Å². The molecule has 3 heteroatoms. The van der Waals surface area contributed by atoms with Crippen molar-refractivity contribution in [1.29, 1.82) is 0 Å². The summed E-state index contributed by atoms with van der Waals surface area (Å²) in [5.74, 6) is 0.977. The van der Waals surface area contributed by atoms with Gasteiger partial charge in [0.25, 0.3) is 0 Å². The van der Waals surface area contributed by atoms with Gasteiger partial charge in [0.15, 0.2) is 0 Å². The summed E-state index contributed by atoms with van der Waals surface area (Å²) in [6.45, 7) is 2.11. The molecular formula is C16H22N2O. The van der Waals surface area contributed by atoms with E-state index in [1.165, 1.54) is 29.3 Å². The van der Waals surface area contributed by atoms with Crippen LogP contribution in [0.25, 0.3) is 10.9 Å². The van der Waals surface area contributed by atoms with E-state index in [9.17, 15) is 0 Å². The van der Waals surface area contributed by atoms with Gasteiger partial charge in [-0.1, -0.05) is 0 Å². The van der Waals surface area contributed by atoms with Gasteiger partial charge in [-0.3, -0.25) is 0 Å². The lowest BCUT2D eigenvalue weighted by Gasteiger charge is -2.40. The summed E-state index contributed by atoms with van der Waals surface area (Å²) in [5, 5.41) is 1.27. The summed E-state index contributed by atoms with van der Waals surface area (Å²) in [6, 6.07) is 7.97. The summed E-state index contributed by atoms with van der Waals surface area (Å²) in [5.41, 5.74) is 2.54. The van der Waals surface area contributed by atoms with Crippen molar-refractivity contribution in [3.05, 3.63) is 30.0 Å². The highest BCUT2D eigenvalue weighted by molar-refractivity contribution is 5.83. The average Bonchev–Trinajstić information content (AvgIpc) is 2.69. The fraction of sp³-hybridized carbons (Fsp3) is 0.500. The molecule has 0 unspecified atom stereocenters. The van der Waals surface area contributed by atoms with Crippen LogP contribution in [0.1, 0.15) is 24.4 Å². The minimum absolute atomic E-state index is 0.651. The lowest BCUT2D eigenvalue weighted by Crippen LogP contribution is -2.41. The quantitative estimate of drug-likeness (QED) is 0.841. The molecule has 3 nitrogen and oxygen atoms in total. The molecule has 1 heterocycles. The van der Waals surface area contributed by atoms with Gasteiger partial charge >= 0.3 is 0 Å². The molecule has 1 saturated carbocycles. The summed E-state index contributed by atoms with van der Waals surface area (Å²) in [7, 11) is 6.08. The Kier molecular flexibility index (Phi) is 3.02. The zero-order valence-corrected chi connectivity index (χ0v) is 12.2. The predicted molar refractivity (Wildman–Crippen MR) is 79.0 cm³/mol. The normalized spacial score (nSPS) is 22.8. The van der Waals surface area contributed by atoms with Crippen molar-refractivity contribution in [2.75, 3.05) is 21.2 Å². The highest BCUT2D eigenvalue weighted by Gasteiger charge is 2.32. The third-order valence-electron chi connectivity index (χ3n) is 4.45. The first kappa shape index (κ1) is 12.5. The number of aromatic nitrogens is 1. The number of hydrogen-bond acceptors (Lipinski definition) is 2. The summed E-state index contributed by atoms with van der Waals surface area (Å²) >= 11 is 0. The molecule has 1 aliphatic rings. The van der Waals surface area contributed by atoms with E-state index in [0.29, 0.717) is 6.04 Å². The van der Waals surface area contributed by atoms with E-state index in [1.807, 2.05) is 0 Å². The highest BCUT2D eigenvalue weighted by Crippen LogP contribution is 2.38. The molecule has 0 atom stereocenters. The fourth-order valence-electron chi connectivity index (χ4n) is 3.03. The number of nitrogens with zero attached hydrogens (tertiary/aromatic N) is 2. The second-order valence-corrected chi connectivity index (χ2v) is 5.85. The molecule has 102 valence electrons. The zero-order chi connectivity index (χ0) is 13.6. The Morgan fingerprint density at radius 3 is 2.63 bits per heavy atom. The maximum atomic E-state index is 5.40. The van der Waals surface area contributed by atoms with Crippen molar-refractivity contribution >= 4 is 10.9 Å². The molecular weight excluding hydrogens is 236 g/mol. The third kappa shape index (κ3) is 2.02. The molecule has 0 N–H and O–H groups in total. The SMILES string of the molecule is COc1cc2ccn(C3CC(N(C)C)C3)c2cc1C. The molecule has 1 fully saturated rings. The maximum absolute atomic E-state index is 5.40. The van der Waals surface area contributed by atoms with Crippen LogP contribution in [-0.2, 0) is 0 Å². The Hall–Kier alpha value is -1.48. The molecule has 1 aromatic heterocycles. The van der Waals surface area contributed by atoms with Crippen LogP contribution in [0.15, 0.2) is 24.4 Å². The number of aryl methyl sites for hydroxylation is 1. The van der Waals surface area contributed by atoms with Crippen molar-refractivity contribution in [2.24, 2.45) is 0 Å². The minimum Gasteiger partial charge on any atom is -0.496 e. The second-order valence-electron chi connectivity index (χ2n) is 5.85. The van der Waals surface area contributed by atoms with Gasteiger partial charge in [0.2, 0.25) is 0 Å². The van der Waals surface area contributed by atoms with E-state index in [1.54, 1.807) is 7.11 Å². The van der Waals surface area contributed by atoms with E-state index in [0.717, 1.165) is 11.8 Å². The van der Waals surface area contributed by atoms with Crippen LogP contribution >= 0.6 is 0 Å². The summed E-state index contributed by atoms with van der Waals surface area (Å²) < 4.78 is 7.83. The predicted octanol–water partition coefficient (Wildman–Crippen LogP) is 3.22. The average molecular weight is 258 g/mol. The first-order valence-corrected chi connectivity index (χ1v) is 6.91. The van der Waals surface area contributed by atoms with Crippen LogP contribution in [0.4, 0.5) is 0 Å².